The highest BCUT2D eigenvalue weighted by atomic mass is 19.4. The van der Waals surface area contributed by atoms with Crippen molar-refractivity contribution in [3.05, 3.63) is 29.6 Å². The van der Waals surface area contributed by atoms with Crippen molar-refractivity contribution in [2.75, 3.05) is 20.2 Å². The summed E-state index contributed by atoms with van der Waals surface area (Å²) in [6.45, 7) is 0.355. The minimum atomic E-state index is -5.07. The fraction of sp³-hybridized carbons (Fsp3) is 0.556. The molecule has 1 aliphatic carbocycles. The zero-order valence-electron chi connectivity index (χ0n) is 15.5. The van der Waals surface area contributed by atoms with E-state index in [0.717, 1.165) is 19.2 Å². The van der Waals surface area contributed by atoms with E-state index in [1.165, 1.54) is 15.9 Å². The van der Waals surface area contributed by atoms with Crippen molar-refractivity contribution < 1.29 is 41.7 Å². The SMILES string of the molecule is COC(=O)N(C[C@@H]1CCCN1C(=O)O)C1(c2ccc(F)c(OC(F)(F)F)c2)CC1. The van der Waals surface area contributed by atoms with Crippen LogP contribution in [0.1, 0.15) is 31.2 Å². The predicted octanol–water partition coefficient (Wildman–Crippen LogP) is 3.92. The van der Waals surface area contributed by atoms with Gasteiger partial charge < -0.3 is 19.5 Å². The Morgan fingerprint density at radius 1 is 1.34 bits per heavy atom. The van der Waals surface area contributed by atoms with E-state index >= 15 is 0 Å². The molecule has 0 bridgehead atoms. The van der Waals surface area contributed by atoms with Gasteiger partial charge in [-0.15, -0.1) is 13.2 Å². The average Bonchev–Trinajstić information content (AvgIpc) is 3.30. The van der Waals surface area contributed by atoms with Crippen LogP contribution in [-0.4, -0.2) is 59.7 Å². The summed E-state index contributed by atoms with van der Waals surface area (Å²) in [5.41, 5.74) is -0.736. The Kier molecular flexibility index (Phi) is 5.50. The molecule has 0 unspecified atom stereocenters. The Hall–Kier alpha value is -2.72. The molecule has 1 saturated heterocycles. The summed E-state index contributed by atoms with van der Waals surface area (Å²) in [6.07, 6.45) is -4.89. The summed E-state index contributed by atoms with van der Waals surface area (Å²) in [4.78, 5) is 26.4. The highest BCUT2D eigenvalue weighted by Gasteiger charge is 2.53. The lowest BCUT2D eigenvalue weighted by atomic mass is 10.0. The van der Waals surface area contributed by atoms with Gasteiger partial charge in [0.1, 0.15) is 0 Å². The van der Waals surface area contributed by atoms with Crippen LogP contribution in [0.4, 0.5) is 27.2 Å². The molecule has 1 atom stereocenters. The lowest BCUT2D eigenvalue weighted by Gasteiger charge is -2.35. The molecule has 3 rings (SSSR count). The van der Waals surface area contributed by atoms with Crippen LogP contribution in [0.5, 0.6) is 5.75 Å². The number of benzene rings is 1. The van der Waals surface area contributed by atoms with Gasteiger partial charge >= 0.3 is 18.5 Å². The highest BCUT2D eigenvalue weighted by molar-refractivity contribution is 5.70. The fourth-order valence-corrected chi connectivity index (χ4v) is 3.85. The van der Waals surface area contributed by atoms with E-state index in [4.69, 9.17) is 4.74 Å². The number of alkyl halides is 3. The van der Waals surface area contributed by atoms with Crippen LogP contribution in [0.25, 0.3) is 0 Å². The van der Waals surface area contributed by atoms with Crippen LogP contribution in [0.3, 0.4) is 0 Å². The van der Waals surface area contributed by atoms with Gasteiger partial charge in [-0.1, -0.05) is 6.07 Å². The van der Waals surface area contributed by atoms with Gasteiger partial charge in [0.25, 0.3) is 0 Å². The van der Waals surface area contributed by atoms with Gasteiger partial charge in [-0.25, -0.2) is 14.0 Å². The Morgan fingerprint density at radius 3 is 2.59 bits per heavy atom. The quantitative estimate of drug-likeness (QED) is 0.731. The Labute approximate surface area is 163 Å². The van der Waals surface area contributed by atoms with Crippen LogP contribution < -0.4 is 4.74 Å². The molecule has 0 aromatic heterocycles. The number of carbonyl (C=O) groups excluding carboxylic acids is 1. The maximum atomic E-state index is 13.8. The summed E-state index contributed by atoms with van der Waals surface area (Å²) in [5, 5.41) is 9.33. The monoisotopic (exact) mass is 420 g/mol. The smallest absolute Gasteiger partial charge is 0.465 e. The number of methoxy groups -OCH3 is 1. The largest absolute Gasteiger partial charge is 0.573 e. The number of halogens is 4. The van der Waals surface area contributed by atoms with Gasteiger partial charge in [-0.3, -0.25) is 4.90 Å². The van der Waals surface area contributed by atoms with E-state index in [0.29, 0.717) is 32.2 Å². The Morgan fingerprint density at radius 2 is 2.03 bits per heavy atom. The van der Waals surface area contributed by atoms with E-state index < -0.39 is 41.7 Å². The van der Waals surface area contributed by atoms with Crippen molar-refractivity contribution in [3.63, 3.8) is 0 Å². The number of carboxylic acid groups (broad SMARTS) is 1. The summed E-state index contributed by atoms with van der Waals surface area (Å²) in [6, 6.07) is 2.61. The third-order valence-corrected chi connectivity index (χ3v) is 5.35. The Balaban J connectivity index is 1.91. The number of nitrogens with zero attached hydrogens (tertiary/aromatic N) is 2. The molecule has 1 N–H and O–H groups in total. The van der Waals surface area contributed by atoms with Gasteiger partial charge in [0, 0.05) is 13.1 Å². The number of ether oxygens (including phenoxy) is 2. The molecule has 0 radical (unpaired) electrons. The molecule has 2 fully saturated rings. The van der Waals surface area contributed by atoms with Crippen LogP contribution in [0, 0.1) is 5.82 Å². The van der Waals surface area contributed by atoms with E-state index in [-0.39, 0.29) is 12.1 Å². The van der Waals surface area contributed by atoms with E-state index in [2.05, 4.69) is 4.74 Å². The molecule has 7 nitrogen and oxygen atoms in total. The maximum Gasteiger partial charge on any atom is 0.573 e. The molecular formula is C18H20F4N2O5. The van der Waals surface area contributed by atoms with Crippen molar-refractivity contribution in [2.24, 2.45) is 0 Å². The lowest BCUT2D eigenvalue weighted by molar-refractivity contribution is -0.275. The lowest BCUT2D eigenvalue weighted by Crippen LogP contribution is -2.49. The van der Waals surface area contributed by atoms with Crippen LogP contribution >= 0.6 is 0 Å². The van der Waals surface area contributed by atoms with Crippen molar-refractivity contribution in [3.8, 4) is 5.75 Å². The standard InChI is InChI=1S/C18H20F4N2O5/c1-28-16(27)24(10-12-3-2-8-23(12)15(25)26)17(6-7-17)11-4-5-13(19)14(9-11)29-18(20,21)22/h4-5,9,12H,2-3,6-8,10H2,1H3,(H,25,26)/t12-/m0/s1. The van der Waals surface area contributed by atoms with Gasteiger partial charge in [0.2, 0.25) is 0 Å². The van der Waals surface area contributed by atoms with Crippen LogP contribution in [-0.2, 0) is 10.3 Å². The highest BCUT2D eigenvalue weighted by Crippen LogP contribution is 2.52. The molecule has 2 aliphatic rings. The number of amides is 2. The van der Waals surface area contributed by atoms with E-state index in [1.807, 2.05) is 0 Å². The van der Waals surface area contributed by atoms with Crippen molar-refractivity contribution in [2.45, 2.75) is 43.6 Å². The van der Waals surface area contributed by atoms with Crippen molar-refractivity contribution in [1.82, 2.24) is 9.80 Å². The molecular weight excluding hydrogens is 400 g/mol. The minimum absolute atomic E-state index is 0.0197. The van der Waals surface area contributed by atoms with Gasteiger partial charge in [0.15, 0.2) is 11.6 Å². The predicted molar refractivity (Wildman–Crippen MR) is 90.9 cm³/mol. The summed E-state index contributed by atoms with van der Waals surface area (Å²) >= 11 is 0. The molecule has 1 heterocycles. The zero-order chi connectivity index (χ0) is 21.4. The first kappa shape index (κ1) is 21.0. The number of hydrogen-bond donors (Lipinski definition) is 1. The van der Waals surface area contributed by atoms with Crippen molar-refractivity contribution in [1.29, 1.82) is 0 Å². The Bertz CT molecular complexity index is 797. The minimum Gasteiger partial charge on any atom is -0.465 e. The molecule has 1 aromatic rings. The van der Waals surface area contributed by atoms with Crippen molar-refractivity contribution >= 4 is 12.2 Å². The molecule has 0 spiro atoms. The third kappa shape index (κ3) is 4.33. The summed E-state index contributed by atoms with van der Waals surface area (Å²) in [7, 11) is 1.16. The van der Waals surface area contributed by atoms with Gasteiger partial charge in [-0.2, -0.15) is 0 Å². The number of likely N-dealkylation sites (tertiary alicyclic amines) is 1. The van der Waals surface area contributed by atoms with Crippen LogP contribution in [0.15, 0.2) is 18.2 Å². The fourth-order valence-electron chi connectivity index (χ4n) is 3.85. The van der Waals surface area contributed by atoms with E-state index in [1.54, 1.807) is 0 Å². The summed E-state index contributed by atoms with van der Waals surface area (Å²) < 4.78 is 60.1. The molecule has 2 amide bonds. The van der Waals surface area contributed by atoms with Gasteiger partial charge in [0.05, 0.1) is 18.7 Å². The number of carbonyl (C=O) groups is 2. The maximum absolute atomic E-state index is 13.8. The van der Waals surface area contributed by atoms with E-state index in [9.17, 15) is 32.3 Å². The number of hydrogen-bond acceptors (Lipinski definition) is 4. The molecule has 160 valence electrons. The average molecular weight is 420 g/mol. The first-order chi connectivity index (χ1) is 13.6. The second-order valence-corrected chi connectivity index (χ2v) is 7.08. The normalized spacial score (nSPS) is 20.3. The van der Waals surface area contributed by atoms with Gasteiger partial charge in [-0.05, 0) is 43.4 Å². The number of rotatable bonds is 5. The third-order valence-electron chi connectivity index (χ3n) is 5.35. The molecule has 11 heteroatoms. The second-order valence-electron chi connectivity index (χ2n) is 7.08. The molecule has 1 aromatic carbocycles. The topological polar surface area (TPSA) is 79.3 Å². The van der Waals surface area contributed by atoms with Crippen LogP contribution in [0.2, 0.25) is 0 Å². The summed E-state index contributed by atoms with van der Waals surface area (Å²) in [5.74, 6) is -2.17. The molecule has 1 aliphatic heterocycles. The molecule has 1 saturated carbocycles. The second kappa shape index (κ2) is 7.60. The zero-order valence-corrected chi connectivity index (χ0v) is 15.5. The first-order valence-corrected chi connectivity index (χ1v) is 8.98. The molecule has 29 heavy (non-hydrogen) atoms. The first-order valence-electron chi connectivity index (χ1n) is 8.98.